The first-order chi connectivity index (χ1) is 9.18. The van der Waals surface area contributed by atoms with E-state index >= 15 is 0 Å². The molecule has 19 heavy (non-hydrogen) atoms. The second kappa shape index (κ2) is 6.45. The molecule has 2 heterocycles. The molecule has 2 rings (SSSR count). The molecule has 1 N–H and O–H groups in total. The van der Waals surface area contributed by atoms with Crippen LogP contribution in [0.5, 0.6) is 0 Å². The number of hydrogen-bond donors (Lipinski definition) is 1. The van der Waals surface area contributed by atoms with Crippen molar-refractivity contribution in [3.05, 3.63) is 28.5 Å². The number of esters is 1. The number of halogens is 1. The summed E-state index contributed by atoms with van der Waals surface area (Å²) in [7, 11) is 1.36. The Morgan fingerprint density at radius 1 is 1.63 bits per heavy atom. The number of carbonyl (C=O) groups is 1. The van der Waals surface area contributed by atoms with Crippen LogP contribution in [-0.2, 0) is 19.9 Å². The minimum atomic E-state index is -0.528. The lowest BCUT2D eigenvalue weighted by atomic mass is 9.87. The molecule has 1 aliphatic heterocycles. The summed E-state index contributed by atoms with van der Waals surface area (Å²) in [5.41, 5.74) is 0.436. The van der Waals surface area contributed by atoms with Crippen LogP contribution in [0, 0.1) is 0 Å². The zero-order chi connectivity index (χ0) is 13.7. The summed E-state index contributed by atoms with van der Waals surface area (Å²) in [4.78, 5) is 15.6. The van der Waals surface area contributed by atoms with Gasteiger partial charge < -0.3 is 14.8 Å². The number of aromatic nitrogens is 1. The Morgan fingerprint density at radius 2 is 2.47 bits per heavy atom. The lowest BCUT2D eigenvalue weighted by Gasteiger charge is -2.38. The molecule has 1 fully saturated rings. The Bertz CT molecular complexity index is 447. The van der Waals surface area contributed by atoms with Gasteiger partial charge in [-0.05, 0) is 41.4 Å². The zero-order valence-electron chi connectivity index (χ0n) is 10.8. The highest BCUT2D eigenvalue weighted by Gasteiger charge is 2.37. The predicted molar refractivity (Wildman–Crippen MR) is 73.7 cm³/mol. The van der Waals surface area contributed by atoms with Crippen molar-refractivity contribution >= 4 is 21.9 Å². The molecule has 1 aromatic rings. The third-order valence-electron chi connectivity index (χ3n) is 3.29. The summed E-state index contributed by atoms with van der Waals surface area (Å²) in [5, 5.41) is 3.32. The first-order valence-corrected chi connectivity index (χ1v) is 7.00. The molecule has 0 spiro atoms. The summed E-state index contributed by atoms with van der Waals surface area (Å²) in [6, 6.07) is 3.85. The van der Waals surface area contributed by atoms with Gasteiger partial charge in [0.1, 0.15) is 16.8 Å². The van der Waals surface area contributed by atoms with Gasteiger partial charge in [-0.25, -0.2) is 9.78 Å². The van der Waals surface area contributed by atoms with Crippen LogP contribution in [0.2, 0.25) is 0 Å². The summed E-state index contributed by atoms with van der Waals surface area (Å²) >= 11 is 3.46. The Kier molecular flexibility index (Phi) is 4.90. The smallest absolute Gasteiger partial charge is 0.331 e. The highest BCUT2D eigenvalue weighted by molar-refractivity contribution is 9.10. The predicted octanol–water partition coefficient (Wildman–Crippen LogP) is 1.61. The van der Waals surface area contributed by atoms with E-state index in [0.29, 0.717) is 6.54 Å². The van der Waals surface area contributed by atoms with E-state index in [2.05, 4.69) is 31.0 Å². The van der Waals surface area contributed by atoms with E-state index in [9.17, 15) is 4.79 Å². The number of methoxy groups -OCH3 is 1. The van der Waals surface area contributed by atoms with Gasteiger partial charge >= 0.3 is 5.97 Å². The Labute approximate surface area is 120 Å². The fourth-order valence-electron chi connectivity index (χ4n) is 2.29. The molecule has 6 heteroatoms. The third kappa shape index (κ3) is 3.32. The van der Waals surface area contributed by atoms with E-state index < -0.39 is 5.60 Å². The number of nitrogens with zero attached hydrogens (tertiary/aromatic N) is 1. The Hall–Kier alpha value is -0.980. The van der Waals surface area contributed by atoms with E-state index in [1.807, 2.05) is 12.1 Å². The molecule has 104 valence electrons. The van der Waals surface area contributed by atoms with Crippen molar-refractivity contribution in [1.82, 2.24) is 10.3 Å². The highest BCUT2D eigenvalue weighted by atomic mass is 79.9. The van der Waals surface area contributed by atoms with Crippen LogP contribution in [0.4, 0.5) is 0 Å². The maximum absolute atomic E-state index is 11.3. The summed E-state index contributed by atoms with van der Waals surface area (Å²) in [5.74, 6) is -0.370. The standard InChI is InChI=1S/C13H17BrN2O3/c1-18-11(17)8-19-13(5-3-6-15-9-13)10-4-2-7-16-12(10)14/h2,4,7,15H,3,5-6,8-9H2,1H3. The Balaban J connectivity index is 2.24. The van der Waals surface area contributed by atoms with Crippen LogP contribution in [0.15, 0.2) is 22.9 Å². The van der Waals surface area contributed by atoms with Gasteiger partial charge in [-0.15, -0.1) is 0 Å². The average molecular weight is 329 g/mol. The van der Waals surface area contributed by atoms with E-state index in [1.165, 1.54) is 7.11 Å². The van der Waals surface area contributed by atoms with Gasteiger partial charge in [0.2, 0.25) is 0 Å². The molecule has 1 atom stereocenters. The van der Waals surface area contributed by atoms with Crippen LogP contribution in [0.25, 0.3) is 0 Å². The van der Waals surface area contributed by atoms with Crippen molar-refractivity contribution in [2.24, 2.45) is 0 Å². The molecule has 0 aliphatic carbocycles. The normalized spacial score (nSPS) is 23.1. The number of hydrogen-bond acceptors (Lipinski definition) is 5. The van der Waals surface area contributed by atoms with Gasteiger partial charge in [-0.2, -0.15) is 0 Å². The van der Waals surface area contributed by atoms with Gasteiger partial charge in [-0.1, -0.05) is 6.07 Å². The maximum atomic E-state index is 11.3. The van der Waals surface area contributed by atoms with Gasteiger partial charge in [0.05, 0.1) is 7.11 Å². The molecule has 0 aromatic carbocycles. The van der Waals surface area contributed by atoms with Crippen LogP contribution in [-0.4, -0.2) is 37.8 Å². The largest absolute Gasteiger partial charge is 0.467 e. The summed E-state index contributed by atoms with van der Waals surface area (Å²) < 4.78 is 11.3. The zero-order valence-corrected chi connectivity index (χ0v) is 12.4. The molecule has 0 saturated carbocycles. The van der Waals surface area contributed by atoms with Gasteiger partial charge in [-0.3, -0.25) is 0 Å². The van der Waals surface area contributed by atoms with Crippen LogP contribution in [0.3, 0.4) is 0 Å². The van der Waals surface area contributed by atoms with Crippen molar-refractivity contribution in [3.8, 4) is 0 Å². The average Bonchev–Trinajstić information content (AvgIpc) is 2.46. The molecule has 0 bridgehead atoms. The summed E-state index contributed by atoms with van der Waals surface area (Å²) in [6.07, 6.45) is 3.56. The topological polar surface area (TPSA) is 60.5 Å². The van der Waals surface area contributed by atoms with Crippen molar-refractivity contribution in [2.45, 2.75) is 18.4 Å². The van der Waals surface area contributed by atoms with Gasteiger partial charge in [0.25, 0.3) is 0 Å². The van der Waals surface area contributed by atoms with E-state index in [-0.39, 0.29) is 12.6 Å². The van der Waals surface area contributed by atoms with Crippen LogP contribution in [0.1, 0.15) is 18.4 Å². The van der Waals surface area contributed by atoms with Crippen molar-refractivity contribution in [3.63, 3.8) is 0 Å². The number of piperidine rings is 1. The SMILES string of the molecule is COC(=O)COC1(c2cccnc2Br)CCCNC1. The van der Waals surface area contributed by atoms with E-state index in [0.717, 1.165) is 29.6 Å². The van der Waals surface area contributed by atoms with Crippen LogP contribution < -0.4 is 5.32 Å². The van der Waals surface area contributed by atoms with Crippen LogP contribution >= 0.6 is 15.9 Å². The fourth-order valence-corrected chi connectivity index (χ4v) is 2.90. The molecule has 1 saturated heterocycles. The summed E-state index contributed by atoms with van der Waals surface area (Å²) in [6.45, 7) is 1.56. The second-order valence-electron chi connectivity index (χ2n) is 4.48. The molecular weight excluding hydrogens is 312 g/mol. The highest BCUT2D eigenvalue weighted by Crippen LogP contribution is 2.35. The Morgan fingerprint density at radius 3 is 3.11 bits per heavy atom. The molecule has 1 aromatic heterocycles. The molecular formula is C13H17BrN2O3. The lowest BCUT2D eigenvalue weighted by molar-refractivity contribution is -0.155. The molecule has 1 unspecified atom stereocenters. The number of nitrogens with one attached hydrogen (secondary N) is 1. The number of ether oxygens (including phenoxy) is 2. The van der Waals surface area contributed by atoms with Gasteiger partial charge in [0.15, 0.2) is 0 Å². The number of pyridine rings is 1. The van der Waals surface area contributed by atoms with Gasteiger partial charge in [0, 0.05) is 18.3 Å². The van der Waals surface area contributed by atoms with Crippen molar-refractivity contribution in [1.29, 1.82) is 0 Å². The minimum Gasteiger partial charge on any atom is -0.467 e. The first-order valence-electron chi connectivity index (χ1n) is 6.20. The lowest BCUT2D eigenvalue weighted by Crippen LogP contribution is -2.46. The second-order valence-corrected chi connectivity index (χ2v) is 5.23. The quantitative estimate of drug-likeness (QED) is 0.672. The van der Waals surface area contributed by atoms with E-state index in [4.69, 9.17) is 4.74 Å². The monoisotopic (exact) mass is 328 g/mol. The third-order valence-corrected chi connectivity index (χ3v) is 3.92. The fraction of sp³-hybridized carbons (Fsp3) is 0.538. The molecule has 0 radical (unpaired) electrons. The van der Waals surface area contributed by atoms with Crippen molar-refractivity contribution < 1.29 is 14.3 Å². The molecule has 0 amide bonds. The maximum Gasteiger partial charge on any atom is 0.331 e. The molecule has 1 aliphatic rings. The first kappa shape index (κ1) is 14.4. The number of rotatable bonds is 4. The number of carbonyl (C=O) groups excluding carboxylic acids is 1. The molecule has 5 nitrogen and oxygen atoms in total. The minimum absolute atomic E-state index is 0.0560. The van der Waals surface area contributed by atoms with E-state index in [1.54, 1.807) is 6.20 Å². The van der Waals surface area contributed by atoms with Crippen molar-refractivity contribution in [2.75, 3.05) is 26.8 Å².